The quantitative estimate of drug-likeness (QED) is 0.571. The summed E-state index contributed by atoms with van der Waals surface area (Å²) in [6.07, 6.45) is 13.6. The van der Waals surface area contributed by atoms with E-state index in [1.807, 2.05) is 6.08 Å². The van der Waals surface area contributed by atoms with E-state index in [0.29, 0.717) is 5.92 Å². The molecule has 1 heteroatoms. The predicted octanol–water partition coefficient (Wildman–Crippen LogP) is 3.92. The Hall–Kier alpha value is -0.850. The van der Waals surface area contributed by atoms with E-state index in [0.717, 1.165) is 12.0 Å². The van der Waals surface area contributed by atoms with E-state index in [9.17, 15) is 4.39 Å². The molecule has 0 spiro atoms. The summed E-state index contributed by atoms with van der Waals surface area (Å²) in [6, 6.07) is 0. The lowest BCUT2D eigenvalue weighted by Crippen LogP contribution is -1.91. The van der Waals surface area contributed by atoms with Crippen molar-refractivity contribution in [1.29, 1.82) is 0 Å². The molecule has 0 radical (unpaired) electrons. The topological polar surface area (TPSA) is 0 Å². The summed E-state index contributed by atoms with van der Waals surface area (Å²) in [5, 5.41) is 0. The lowest BCUT2D eigenvalue weighted by atomic mass is 9.99. The Bertz CT molecular complexity index is 265. The van der Waals surface area contributed by atoms with Gasteiger partial charge < -0.3 is 0 Å². The molecule has 0 nitrogen and oxygen atoms in total. The smallest absolute Gasteiger partial charge is 0.123 e. The van der Waals surface area contributed by atoms with E-state index >= 15 is 0 Å². The second kappa shape index (κ2) is 3.91. The average Bonchev–Trinajstić information content (AvgIpc) is 2.57. The highest BCUT2D eigenvalue weighted by atomic mass is 19.1. The van der Waals surface area contributed by atoms with E-state index < -0.39 is 0 Å². The van der Waals surface area contributed by atoms with Gasteiger partial charge >= 0.3 is 0 Å². The summed E-state index contributed by atoms with van der Waals surface area (Å²) >= 11 is 0. The number of hydrogen-bond donors (Lipinski definition) is 0. The molecule has 0 atom stereocenters. The Labute approximate surface area is 78.8 Å². The normalized spacial score (nSPS) is 26.8. The van der Waals surface area contributed by atoms with Crippen LogP contribution in [0.4, 0.5) is 4.39 Å². The first kappa shape index (κ1) is 8.74. The summed E-state index contributed by atoms with van der Waals surface area (Å²) in [7, 11) is 0. The second-order valence-corrected chi connectivity index (χ2v) is 3.92. The molecule has 1 saturated carbocycles. The van der Waals surface area contributed by atoms with E-state index in [-0.39, 0.29) is 5.83 Å². The molecule has 2 rings (SSSR count). The Morgan fingerprint density at radius 1 is 1.31 bits per heavy atom. The van der Waals surface area contributed by atoms with Crippen LogP contribution in [0.2, 0.25) is 0 Å². The maximum absolute atomic E-state index is 12.8. The van der Waals surface area contributed by atoms with Crippen molar-refractivity contribution >= 4 is 0 Å². The lowest BCUT2D eigenvalue weighted by Gasteiger charge is -2.07. The highest BCUT2D eigenvalue weighted by Gasteiger charge is 2.13. The molecule has 0 saturated heterocycles. The lowest BCUT2D eigenvalue weighted by molar-refractivity contribution is 0.656. The number of hydrogen-bond acceptors (Lipinski definition) is 0. The van der Waals surface area contributed by atoms with Gasteiger partial charge in [0.05, 0.1) is 0 Å². The maximum atomic E-state index is 12.8. The largest absolute Gasteiger partial charge is 0.207 e. The third-order valence-corrected chi connectivity index (χ3v) is 2.80. The predicted molar refractivity (Wildman–Crippen MR) is 53.0 cm³/mol. The van der Waals surface area contributed by atoms with Crippen molar-refractivity contribution in [3.63, 3.8) is 0 Å². The van der Waals surface area contributed by atoms with Gasteiger partial charge in [-0.25, -0.2) is 4.39 Å². The summed E-state index contributed by atoms with van der Waals surface area (Å²) in [4.78, 5) is 0. The molecule has 0 aromatic carbocycles. The highest BCUT2D eigenvalue weighted by Crippen LogP contribution is 2.28. The molecule has 0 aromatic rings. The number of allylic oxidation sites excluding steroid dienone is 6. The van der Waals surface area contributed by atoms with E-state index in [4.69, 9.17) is 0 Å². The van der Waals surface area contributed by atoms with Crippen LogP contribution in [0.1, 0.15) is 32.1 Å². The van der Waals surface area contributed by atoms with Gasteiger partial charge in [0, 0.05) is 0 Å². The van der Waals surface area contributed by atoms with Crippen LogP contribution in [-0.2, 0) is 0 Å². The van der Waals surface area contributed by atoms with Crippen molar-refractivity contribution in [2.45, 2.75) is 32.1 Å². The fraction of sp³-hybridized carbons (Fsp3) is 0.500. The van der Waals surface area contributed by atoms with Gasteiger partial charge in [0.2, 0.25) is 0 Å². The molecular weight excluding hydrogens is 163 g/mol. The van der Waals surface area contributed by atoms with Gasteiger partial charge in [-0.3, -0.25) is 0 Å². The van der Waals surface area contributed by atoms with E-state index in [1.54, 1.807) is 12.2 Å². The van der Waals surface area contributed by atoms with Crippen molar-refractivity contribution in [3.8, 4) is 0 Å². The zero-order chi connectivity index (χ0) is 9.10. The molecule has 70 valence electrons. The minimum absolute atomic E-state index is 0.101. The first-order chi connectivity index (χ1) is 6.34. The maximum Gasteiger partial charge on any atom is 0.123 e. The molecule has 0 aliphatic heterocycles. The molecule has 0 bridgehead atoms. The van der Waals surface area contributed by atoms with Crippen LogP contribution >= 0.6 is 0 Å². The zero-order valence-electron chi connectivity index (χ0n) is 7.80. The minimum Gasteiger partial charge on any atom is -0.207 e. The van der Waals surface area contributed by atoms with Crippen LogP contribution in [0.25, 0.3) is 0 Å². The summed E-state index contributed by atoms with van der Waals surface area (Å²) < 4.78 is 12.8. The van der Waals surface area contributed by atoms with Crippen LogP contribution in [-0.4, -0.2) is 0 Å². The van der Waals surface area contributed by atoms with Crippen LogP contribution in [0, 0.1) is 5.92 Å². The van der Waals surface area contributed by atoms with Crippen molar-refractivity contribution < 1.29 is 4.39 Å². The molecule has 2 aliphatic rings. The first-order valence-electron chi connectivity index (χ1n) is 5.09. The Morgan fingerprint density at radius 2 is 2.08 bits per heavy atom. The van der Waals surface area contributed by atoms with Crippen LogP contribution in [0.3, 0.4) is 0 Å². The average molecular weight is 178 g/mol. The third kappa shape index (κ3) is 2.30. The fourth-order valence-corrected chi connectivity index (χ4v) is 2.13. The van der Waals surface area contributed by atoms with Gasteiger partial charge in [0.1, 0.15) is 5.83 Å². The summed E-state index contributed by atoms with van der Waals surface area (Å²) in [5.74, 6) is 0.612. The third-order valence-electron chi connectivity index (χ3n) is 2.80. The SMILES string of the molecule is FC1=CC(=CC2CCCC2)CC=C1. The second-order valence-electron chi connectivity index (χ2n) is 3.92. The molecule has 0 amide bonds. The minimum atomic E-state index is -0.101. The van der Waals surface area contributed by atoms with Crippen molar-refractivity contribution in [1.82, 2.24) is 0 Å². The monoisotopic (exact) mass is 178 g/mol. The van der Waals surface area contributed by atoms with Gasteiger partial charge in [-0.15, -0.1) is 0 Å². The molecule has 0 heterocycles. The fourth-order valence-electron chi connectivity index (χ4n) is 2.13. The van der Waals surface area contributed by atoms with Crippen LogP contribution in [0.5, 0.6) is 0 Å². The van der Waals surface area contributed by atoms with E-state index in [2.05, 4.69) is 6.08 Å². The molecule has 2 aliphatic carbocycles. The molecular formula is C12H15F. The van der Waals surface area contributed by atoms with Gasteiger partial charge in [-0.2, -0.15) is 0 Å². The van der Waals surface area contributed by atoms with Gasteiger partial charge in [-0.1, -0.05) is 25.0 Å². The standard InChI is InChI=1S/C12H15F/c13-12-7-3-6-11(9-12)8-10-4-1-2-5-10/h3,7-10H,1-2,4-6H2. The van der Waals surface area contributed by atoms with Crippen LogP contribution < -0.4 is 0 Å². The highest BCUT2D eigenvalue weighted by molar-refractivity contribution is 5.33. The summed E-state index contributed by atoms with van der Waals surface area (Å²) in [6.45, 7) is 0. The molecule has 13 heavy (non-hydrogen) atoms. The zero-order valence-corrected chi connectivity index (χ0v) is 7.80. The Morgan fingerprint density at radius 3 is 2.77 bits per heavy atom. The number of halogens is 1. The van der Waals surface area contributed by atoms with Gasteiger partial charge in [-0.05, 0) is 42.9 Å². The van der Waals surface area contributed by atoms with Crippen molar-refractivity contribution in [3.05, 3.63) is 35.7 Å². The molecule has 0 N–H and O–H groups in total. The van der Waals surface area contributed by atoms with Crippen molar-refractivity contribution in [2.75, 3.05) is 0 Å². The van der Waals surface area contributed by atoms with Crippen LogP contribution in [0.15, 0.2) is 35.7 Å². The Balaban J connectivity index is 2.03. The molecule has 0 unspecified atom stereocenters. The van der Waals surface area contributed by atoms with Gasteiger partial charge in [0.15, 0.2) is 0 Å². The summed E-state index contributed by atoms with van der Waals surface area (Å²) in [5.41, 5.74) is 1.16. The Kier molecular flexibility index (Phi) is 2.62. The van der Waals surface area contributed by atoms with E-state index in [1.165, 1.54) is 25.7 Å². The van der Waals surface area contributed by atoms with Crippen molar-refractivity contribution in [2.24, 2.45) is 5.92 Å². The first-order valence-corrected chi connectivity index (χ1v) is 5.09. The number of rotatable bonds is 1. The molecule has 1 fully saturated rings. The van der Waals surface area contributed by atoms with Gasteiger partial charge in [0.25, 0.3) is 0 Å². The molecule has 0 aromatic heterocycles.